The molecule has 1 fully saturated rings. The van der Waals surface area contributed by atoms with Gasteiger partial charge in [0.15, 0.2) is 0 Å². The predicted octanol–water partition coefficient (Wildman–Crippen LogP) is 1.79. The number of likely N-dealkylation sites (N-methyl/N-ethyl adjacent to an activating group) is 1. The van der Waals surface area contributed by atoms with Crippen molar-refractivity contribution in [3.63, 3.8) is 0 Å². The zero-order valence-corrected chi connectivity index (χ0v) is 15.6. The maximum Gasteiger partial charge on any atom is 0.223 e. The molecule has 1 amide bonds. The molecule has 0 aromatic carbocycles. The van der Waals surface area contributed by atoms with Crippen molar-refractivity contribution in [1.29, 1.82) is 0 Å². The molecule has 0 spiro atoms. The van der Waals surface area contributed by atoms with Crippen LogP contribution in [-0.2, 0) is 22.5 Å². The Bertz CT molecular complexity index is 513. The van der Waals surface area contributed by atoms with E-state index in [0.717, 1.165) is 31.9 Å². The quantitative estimate of drug-likeness (QED) is 0.726. The maximum absolute atomic E-state index is 12.5. The van der Waals surface area contributed by atoms with Crippen molar-refractivity contribution >= 4 is 5.91 Å². The van der Waals surface area contributed by atoms with Crippen molar-refractivity contribution in [3.8, 4) is 0 Å². The minimum absolute atomic E-state index is 0.238. The number of rotatable bonds is 8. The molecule has 1 aromatic heterocycles. The Labute approximate surface area is 145 Å². The molecule has 0 bridgehead atoms. The molecule has 0 saturated carbocycles. The summed E-state index contributed by atoms with van der Waals surface area (Å²) < 4.78 is 7.69. The van der Waals surface area contributed by atoms with Gasteiger partial charge in [-0.3, -0.25) is 4.79 Å². The first-order valence-electron chi connectivity index (χ1n) is 9.03. The number of ether oxygens (including phenoxy) is 1. The minimum atomic E-state index is 0.238. The van der Waals surface area contributed by atoms with Gasteiger partial charge in [-0.15, -0.1) is 0 Å². The van der Waals surface area contributed by atoms with Crippen LogP contribution >= 0.6 is 0 Å². The molecule has 0 N–H and O–H groups in total. The molecule has 1 aliphatic heterocycles. The molecule has 0 aliphatic carbocycles. The number of carbonyl (C=O) groups excluding carboxylic acids is 1. The summed E-state index contributed by atoms with van der Waals surface area (Å²) in [7, 11) is 4.18. The number of aryl methyl sites for hydroxylation is 1. The highest BCUT2D eigenvalue weighted by molar-refractivity contribution is 5.76. The monoisotopic (exact) mass is 336 g/mol. The van der Waals surface area contributed by atoms with Gasteiger partial charge in [0, 0.05) is 50.9 Å². The molecule has 0 unspecified atom stereocenters. The van der Waals surface area contributed by atoms with Crippen LogP contribution in [0, 0.1) is 0 Å². The van der Waals surface area contributed by atoms with E-state index in [2.05, 4.69) is 28.5 Å². The molecule has 2 heterocycles. The van der Waals surface area contributed by atoms with Crippen molar-refractivity contribution in [3.05, 3.63) is 18.2 Å². The SMILES string of the molecule is CC(C)OCCn1ccnc1CCC(=O)N1CCC[C@@H](N(C)C)C1. The molecule has 1 saturated heterocycles. The third kappa shape index (κ3) is 5.60. The zero-order valence-electron chi connectivity index (χ0n) is 15.6. The van der Waals surface area contributed by atoms with E-state index in [1.807, 2.05) is 24.9 Å². The molecular weight excluding hydrogens is 304 g/mol. The van der Waals surface area contributed by atoms with Gasteiger partial charge in [0.25, 0.3) is 0 Å². The molecule has 0 radical (unpaired) electrons. The van der Waals surface area contributed by atoms with Crippen LogP contribution in [-0.4, -0.2) is 71.2 Å². The molecule has 24 heavy (non-hydrogen) atoms. The van der Waals surface area contributed by atoms with Gasteiger partial charge in [0.2, 0.25) is 5.91 Å². The number of aromatic nitrogens is 2. The Morgan fingerprint density at radius 1 is 1.46 bits per heavy atom. The van der Waals surface area contributed by atoms with E-state index in [0.29, 0.717) is 25.5 Å². The standard InChI is InChI=1S/C18H32N4O2/c1-15(2)24-13-12-21-11-9-19-17(21)7-8-18(23)22-10-5-6-16(14-22)20(3)4/h9,11,15-16H,5-8,10,12-14H2,1-4H3/t16-/m1/s1. The van der Waals surface area contributed by atoms with Gasteiger partial charge in [-0.25, -0.2) is 4.98 Å². The average Bonchev–Trinajstić information content (AvgIpc) is 2.99. The smallest absolute Gasteiger partial charge is 0.223 e. The fourth-order valence-corrected chi connectivity index (χ4v) is 3.14. The zero-order chi connectivity index (χ0) is 17.5. The van der Waals surface area contributed by atoms with Crippen molar-refractivity contribution in [1.82, 2.24) is 19.4 Å². The molecular formula is C18H32N4O2. The highest BCUT2D eigenvalue weighted by Crippen LogP contribution is 2.15. The number of carbonyl (C=O) groups is 1. The number of nitrogens with zero attached hydrogens (tertiary/aromatic N) is 4. The second-order valence-corrected chi connectivity index (χ2v) is 7.06. The summed E-state index contributed by atoms with van der Waals surface area (Å²) in [6.07, 6.45) is 7.50. The number of amides is 1. The van der Waals surface area contributed by atoms with E-state index in [-0.39, 0.29) is 12.0 Å². The average molecular weight is 336 g/mol. The molecule has 1 atom stereocenters. The first-order valence-corrected chi connectivity index (χ1v) is 9.03. The number of hydrogen-bond donors (Lipinski definition) is 0. The van der Waals surface area contributed by atoms with E-state index < -0.39 is 0 Å². The van der Waals surface area contributed by atoms with Gasteiger partial charge < -0.3 is 19.1 Å². The first kappa shape index (κ1) is 18.9. The van der Waals surface area contributed by atoms with E-state index in [9.17, 15) is 4.79 Å². The third-order valence-corrected chi connectivity index (χ3v) is 4.63. The summed E-state index contributed by atoms with van der Waals surface area (Å²) >= 11 is 0. The van der Waals surface area contributed by atoms with Crippen LogP contribution in [0.3, 0.4) is 0 Å². The van der Waals surface area contributed by atoms with Gasteiger partial charge >= 0.3 is 0 Å². The fraction of sp³-hybridized carbons (Fsp3) is 0.778. The second kappa shape index (κ2) is 9.18. The van der Waals surface area contributed by atoms with Crippen LogP contribution in [0.15, 0.2) is 12.4 Å². The lowest BCUT2D eigenvalue weighted by Crippen LogP contribution is -2.47. The Balaban J connectivity index is 1.80. The van der Waals surface area contributed by atoms with Gasteiger partial charge in [-0.2, -0.15) is 0 Å². The van der Waals surface area contributed by atoms with E-state index >= 15 is 0 Å². The Morgan fingerprint density at radius 3 is 2.96 bits per heavy atom. The summed E-state index contributed by atoms with van der Waals surface area (Å²) in [6.45, 7) is 7.27. The van der Waals surface area contributed by atoms with Crippen molar-refractivity contribution in [2.75, 3.05) is 33.8 Å². The summed E-state index contributed by atoms with van der Waals surface area (Å²) in [5.74, 6) is 1.21. The van der Waals surface area contributed by atoms with E-state index in [4.69, 9.17) is 4.74 Å². The lowest BCUT2D eigenvalue weighted by atomic mass is 10.0. The summed E-state index contributed by atoms with van der Waals surface area (Å²) in [4.78, 5) is 21.2. The Hall–Kier alpha value is -1.40. The third-order valence-electron chi connectivity index (χ3n) is 4.63. The van der Waals surface area contributed by atoms with Crippen molar-refractivity contribution in [2.24, 2.45) is 0 Å². The van der Waals surface area contributed by atoms with Gasteiger partial charge in [0.1, 0.15) is 5.82 Å². The Kier molecular flexibility index (Phi) is 7.24. The lowest BCUT2D eigenvalue weighted by Gasteiger charge is -2.36. The number of piperidine rings is 1. The lowest BCUT2D eigenvalue weighted by molar-refractivity contribution is -0.133. The molecule has 1 aromatic rings. The van der Waals surface area contributed by atoms with Crippen LogP contribution in [0.1, 0.15) is 38.9 Å². The van der Waals surface area contributed by atoms with E-state index in [1.54, 1.807) is 6.20 Å². The number of hydrogen-bond acceptors (Lipinski definition) is 4. The molecule has 1 aliphatic rings. The molecule has 136 valence electrons. The van der Waals surface area contributed by atoms with Crippen molar-refractivity contribution in [2.45, 2.75) is 58.2 Å². The molecule has 6 heteroatoms. The maximum atomic E-state index is 12.5. The molecule has 6 nitrogen and oxygen atoms in total. The van der Waals surface area contributed by atoms with E-state index in [1.165, 1.54) is 6.42 Å². The van der Waals surface area contributed by atoms with Crippen LogP contribution in [0.5, 0.6) is 0 Å². The summed E-state index contributed by atoms with van der Waals surface area (Å²) in [5, 5.41) is 0. The Morgan fingerprint density at radius 2 is 2.25 bits per heavy atom. The van der Waals surface area contributed by atoms with Gasteiger partial charge in [-0.05, 0) is 40.8 Å². The van der Waals surface area contributed by atoms with Crippen LogP contribution < -0.4 is 0 Å². The van der Waals surface area contributed by atoms with Gasteiger partial charge in [-0.1, -0.05) is 0 Å². The van der Waals surface area contributed by atoms with Gasteiger partial charge in [0.05, 0.1) is 12.7 Å². The largest absolute Gasteiger partial charge is 0.377 e. The topological polar surface area (TPSA) is 50.6 Å². The van der Waals surface area contributed by atoms with Crippen LogP contribution in [0.25, 0.3) is 0 Å². The highest BCUT2D eigenvalue weighted by atomic mass is 16.5. The first-order chi connectivity index (χ1) is 11.5. The predicted molar refractivity (Wildman–Crippen MR) is 94.9 cm³/mol. The summed E-state index contributed by atoms with van der Waals surface area (Å²) in [6, 6.07) is 0.484. The minimum Gasteiger partial charge on any atom is -0.377 e. The number of likely N-dealkylation sites (tertiary alicyclic amines) is 1. The highest BCUT2D eigenvalue weighted by Gasteiger charge is 2.24. The number of imidazole rings is 1. The van der Waals surface area contributed by atoms with Crippen molar-refractivity contribution < 1.29 is 9.53 Å². The second-order valence-electron chi connectivity index (χ2n) is 7.06. The van der Waals surface area contributed by atoms with Crippen LogP contribution in [0.2, 0.25) is 0 Å². The molecule has 2 rings (SSSR count). The normalized spacial score (nSPS) is 18.6. The summed E-state index contributed by atoms with van der Waals surface area (Å²) in [5.41, 5.74) is 0. The fourth-order valence-electron chi connectivity index (χ4n) is 3.14. The van der Waals surface area contributed by atoms with Crippen LogP contribution in [0.4, 0.5) is 0 Å².